The number of fused-ring (bicyclic) bond motifs is 1. The quantitative estimate of drug-likeness (QED) is 0.508. The van der Waals surface area contributed by atoms with Crippen LogP contribution in [0.2, 0.25) is 0 Å². The summed E-state index contributed by atoms with van der Waals surface area (Å²) >= 11 is 0. The maximum atomic E-state index is 13.4. The summed E-state index contributed by atoms with van der Waals surface area (Å²) in [5, 5.41) is 12.7. The molecule has 1 aliphatic carbocycles. The zero-order valence-electron chi connectivity index (χ0n) is 20.7. The summed E-state index contributed by atoms with van der Waals surface area (Å²) in [5.41, 5.74) is 3.63. The molecule has 5 rings (SSSR count). The van der Waals surface area contributed by atoms with Crippen LogP contribution in [0.25, 0.3) is 11.1 Å². The maximum Gasteiger partial charge on any atom is 0.406 e. The van der Waals surface area contributed by atoms with E-state index in [0.29, 0.717) is 30.5 Å². The number of anilines is 1. The van der Waals surface area contributed by atoms with Gasteiger partial charge in [-0.3, -0.25) is 9.48 Å². The molecule has 1 amide bonds. The van der Waals surface area contributed by atoms with Gasteiger partial charge in [-0.05, 0) is 42.5 Å². The number of alkyl halides is 3. The second-order valence-electron chi connectivity index (χ2n) is 9.59. The number of rotatable bonds is 5. The Morgan fingerprint density at radius 2 is 1.97 bits per heavy atom. The van der Waals surface area contributed by atoms with Crippen LogP contribution in [0.5, 0.6) is 0 Å². The number of methoxy groups -OCH3 is 1. The Kier molecular flexibility index (Phi) is 6.26. The molecule has 0 saturated heterocycles. The third-order valence-electron chi connectivity index (χ3n) is 7.03. The van der Waals surface area contributed by atoms with Crippen molar-refractivity contribution in [2.75, 3.05) is 18.6 Å². The minimum absolute atomic E-state index is 0.284. The van der Waals surface area contributed by atoms with E-state index in [4.69, 9.17) is 4.74 Å². The van der Waals surface area contributed by atoms with Gasteiger partial charge in [0, 0.05) is 38.0 Å². The first-order chi connectivity index (χ1) is 17.6. The molecule has 1 aliphatic heterocycles. The van der Waals surface area contributed by atoms with Crippen molar-refractivity contribution in [1.82, 2.24) is 24.8 Å². The van der Waals surface area contributed by atoms with Crippen LogP contribution in [0.3, 0.4) is 0 Å². The SMILES string of the molecule is COC1(C)CC(c2cn(C3CCc4ccccc4N(CC(F)(F)F)C3=O)nn2)=CC=C1c1cnn(C)c1. The summed E-state index contributed by atoms with van der Waals surface area (Å²) in [6.45, 7) is 0.616. The average Bonchev–Trinajstić information content (AvgIpc) is 3.49. The molecule has 8 nitrogen and oxygen atoms in total. The second kappa shape index (κ2) is 9.29. The van der Waals surface area contributed by atoms with Gasteiger partial charge in [-0.15, -0.1) is 5.10 Å². The van der Waals surface area contributed by atoms with E-state index in [-0.39, 0.29) is 5.69 Å². The van der Waals surface area contributed by atoms with Gasteiger partial charge in [-0.1, -0.05) is 35.6 Å². The normalized spacial score (nSPS) is 22.4. The first-order valence-electron chi connectivity index (χ1n) is 11.9. The predicted molar refractivity (Wildman–Crippen MR) is 131 cm³/mol. The van der Waals surface area contributed by atoms with E-state index in [1.54, 1.807) is 48.5 Å². The summed E-state index contributed by atoms with van der Waals surface area (Å²) in [5.74, 6) is -0.656. The molecule has 1 aromatic carbocycles. The molecule has 0 fully saturated rings. The molecule has 0 N–H and O–H groups in total. The molecule has 3 heterocycles. The lowest BCUT2D eigenvalue weighted by Gasteiger charge is -2.33. The van der Waals surface area contributed by atoms with Gasteiger partial charge in [0.1, 0.15) is 18.3 Å². The Hall–Kier alpha value is -3.73. The molecule has 11 heteroatoms. The van der Waals surface area contributed by atoms with Crippen LogP contribution in [-0.4, -0.2) is 56.1 Å². The van der Waals surface area contributed by atoms with Crippen LogP contribution in [0.15, 0.2) is 55.0 Å². The van der Waals surface area contributed by atoms with Crippen LogP contribution >= 0.6 is 0 Å². The summed E-state index contributed by atoms with van der Waals surface area (Å²) < 4.78 is 49.3. The van der Waals surface area contributed by atoms with Crippen molar-refractivity contribution < 1.29 is 22.7 Å². The molecule has 0 saturated carbocycles. The Morgan fingerprint density at radius 1 is 1.19 bits per heavy atom. The molecular formula is C26H27F3N6O2. The number of aryl methyl sites for hydroxylation is 2. The van der Waals surface area contributed by atoms with Crippen LogP contribution in [0.1, 0.15) is 42.6 Å². The van der Waals surface area contributed by atoms with Crippen molar-refractivity contribution in [3.63, 3.8) is 0 Å². The average molecular weight is 513 g/mol. The number of nitrogens with zero attached hydrogens (tertiary/aromatic N) is 6. The number of benzene rings is 1. The molecule has 0 spiro atoms. The van der Waals surface area contributed by atoms with E-state index in [9.17, 15) is 18.0 Å². The summed E-state index contributed by atoms with van der Waals surface area (Å²) in [6, 6.07) is 5.80. The second-order valence-corrected chi connectivity index (χ2v) is 9.59. The van der Waals surface area contributed by atoms with Crippen molar-refractivity contribution in [2.45, 2.75) is 44.0 Å². The number of carbonyl (C=O) groups excluding carboxylic acids is 1. The molecule has 2 aromatic heterocycles. The highest BCUT2D eigenvalue weighted by Crippen LogP contribution is 2.41. The first kappa shape index (κ1) is 24.9. The van der Waals surface area contributed by atoms with E-state index >= 15 is 0 Å². The minimum atomic E-state index is -4.54. The molecule has 2 aliphatic rings. The number of hydrogen-bond acceptors (Lipinski definition) is 5. The fraction of sp³-hybridized carbons (Fsp3) is 0.385. The molecule has 194 valence electrons. The van der Waals surface area contributed by atoms with Crippen LogP contribution in [0, 0.1) is 0 Å². The molecule has 0 radical (unpaired) electrons. The zero-order valence-corrected chi connectivity index (χ0v) is 20.7. The number of halogens is 3. The maximum absolute atomic E-state index is 13.4. The van der Waals surface area contributed by atoms with E-state index < -0.39 is 30.3 Å². The third kappa shape index (κ3) is 4.83. The van der Waals surface area contributed by atoms with Crippen LogP contribution in [-0.2, 0) is 23.0 Å². The number of aromatic nitrogens is 5. The highest BCUT2D eigenvalue weighted by molar-refractivity contribution is 5.97. The molecule has 2 unspecified atom stereocenters. The molecule has 0 bridgehead atoms. The fourth-order valence-corrected chi connectivity index (χ4v) is 5.06. The third-order valence-corrected chi connectivity index (χ3v) is 7.03. The van der Waals surface area contributed by atoms with Crippen molar-refractivity contribution in [3.8, 4) is 0 Å². The van der Waals surface area contributed by atoms with Gasteiger partial charge < -0.3 is 9.64 Å². The van der Waals surface area contributed by atoms with E-state index in [0.717, 1.165) is 21.6 Å². The fourth-order valence-electron chi connectivity index (χ4n) is 5.06. The highest BCUT2D eigenvalue weighted by Gasteiger charge is 2.40. The predicted octanol–water partition coefficient (Wildman–Crippen LogP) is 4.37. The van der Waals surface area contributed by atoms with Crippen molar-refractivity contribution in [3.05, 3.63) is 71.8 Å². The van der Waals surface area contributed by atoms with E-state index in [1.807, 2.05) is 32.3 Å². The zero-order chi connectivity index (χ0) is 26.4. The van der Waals surface area contributed by atoms with Gasteiger partial charge in [0.15, 0.2) is 0 Å². The number of carbonyl (C=O) groups is 1. The van der Waals surface area contributed by atoms with Gasteiger partial charge in [0.05, 0.1) is 18.0 Å². The summed E-state index contributed by atoms with van der Waals surface area (Å²) in [4.78, 5) is 14.2. The van der Waals surface area contributed by atoms with E-state index in [1.165, 1.54) is 4.68 Å². The van der Waals surface area contributed by atoms with Gasteiger partial charge in [-0.2, -0.15) is 18.3 Å². The largest absolute Gasteiger partial charge is 0.406 e. The topological polar surface area (TPSA) is 78.1 Å². The lowest BCUT2D eigenvalue weighted by Crippen LogP contribution is -2.42. The lowest BCUT2D eigenvalue weighted by molar-refractivity contribution is -0.134. The van der Waals surface area contributed by atoms with Gasteiger partial charge >= 0.3 is 6.18 Å². The van der Waals surface area contributed by atoms with Crippen molar-refractivity contribution in [1.29, 1.82) is 0 Å². The summed E-state index contributed by atoms with van der Waals surface area (Å²) in [6.07, 6.45) is 5.92. The highest BCUT2D eigenvalue weighted by atomic mass is 19.4. The Balaban J connectivity index is 1.46. The number of allylic oxidation sites excluding steroid dienone is 2. The molecule has 37 heavy (non-hydrogen) atoms. The van der Waals surface area contributed by atoms with Crippen LogP contribution in [0.4, 0.5) is 18.9 Å². The standard InChI is InChI=1S/C26H27F3N6O2/c1-25(37-3)12-18(8-10-20(25)19-13-30-33(2)14-19)21-15-35(32-31-21)23-11-9-17-6-4-5-7-22(17)34(24(23)36)16-26(27,28)29/h4-8,10,13-15,23H,9,11-12,16H2,1-3H3. The van der Waals surface area contributed by atoms with Crippen molar-refractivity contribution in [2.24, 2.45) is 7.05 Å². The number of ether oxygens (including phenoxy) is 1. The monoisotopic (exact) mass is 512 g/mol. The summed E-state index contributed by atoms with van der Waals surface area (Å²) in [7, 11) is 3.49. The molecular weight excluding hydrogens is 485 g/mol. The van der Waals surface area contributed by atoms with Gasteiger partial charge in [0.25, 0.3) is 5.91 Å². The smallest absolute Gasteiger partial charge is 0.373 e. The van der Waals surface area contributed by atoms with Gasteiger partial charge in [0.2, 0.25) is 0 Å². The Morgan fingerprint density at radius 3 is 2.68 bits per heavy atom. The number of amides is 1. The van der Waals surface area contributed by atoms with Gasteiger partial charge in [-0.25, -0.2) is 4.68 Å². The number of hydrogen-bond donors (Lipinski definition) is 0. The number of para-hydroxylation sites is 1. The Labute approximate surface area is 212 Å². The minimum Gasteiger partial charge on any atom is -0.373 e. The molecule has 2 atom stereocenters. The Bertz CT molecular complexity index is 1390. The van der Waals surface area contributed by atoms with Crippen LogP contribution < -0.4 is 4.90 Å². The first-order valence-corrected chi connectivity index (χ1v) is 11.9. The van der Waals surface area contributed by atoms with E-state index in [2.05, 4.69) is 15.4 Å². The lowest BCUT2D eigenvalue weighted by atomic mass is 9.80. The van der Waals surface area contributed by atoms with Crippen molar-refractivity contribution >= 4 is 22.7 Å². The molecule has 3 aromatic rings.